The number of rotatable bonds is 4. The first kappa shape index (κ1) is 15.6. The maximum absolute atomic E-state index is 12.6. The lowest BCUT2D eigenvalue weighted by Gasteiger charge is -2.16. The van der Waals surface area contributed by atoms with E-state index in [0.717, 1.165) is 11.1 Å². The number of carbonyl (C=O) groups excluding carboxylic acids is 1. The Morgan fingerprint density at radius 1 is 1.05 bits per heavy atom. The molecule has 0 amide bonds. The maximum atomic E-state index is 12.6. The van der Waals surface area contributed by atoms with E-state index in [1.165, 1.54) is 5.56 Å². The van der Waals surface area contributed by atoms with Crippen LogP contribution in [0.3, 0.4) is 0 Å². The summed E-state index contributed by atoms with van der Waals surface area (Å²) in [4.78, 5) is 12.6. The number of ether oxygens (including phenoxy) is 1. The molecule has 0 aliphatic rings. The lowest BCUT2D eigenvalue weighted by molar-refractivity contribution is 0.0817. The molecule has 0 fully saturated rings. The molecule has 0 aliphatic heterocycles. The lowest BCUT2D eigenvalue weighted by atomic mass is 9.96. The first-order chi connectivity index (χ1) is 9.88. The van der Waals surface area contributed by atoms with E-state index >= 15 is 0 Å². The number of aryl methyl sites for hydroxylation is 3. The molecule has 0 aromatic heterocycles. The fourth-order valence-corrected chi connectivity index (χ4v) is 2.42. The van der Waals surface area contributed by atoms with Crippen molar-refractivity contribution in [1.82, 2.24) is 0 Å². The summed E-state index contributed by atoms with van der Waals surface area (Å²) in [6, 6.07) is 11.0. The van der Waals surface area contributed by atoms with Crippen LogP contribution in [0.15, 0.2) is 36.4 Å². The number of carbonyl (C=O) groups is 1. The van der Waals surface area contributed by atoms with Crippen LogP contribution >= 0.6 is 11.6 Å². The van der Waals surface area contributed by atoms with Crippen LogP contribution in [0.25, 0.3) is 0 Å². The zero-order valence-electron chi connectivity index (χ0n) is 12.7. The molecule has 2 nitrogen and oxygen atoms in total. The third-order valence-electron chi connectivity index (χ3n) is 3.58. The summed E-state index contributed by atoms with van der Waals surface area (Å²) in [5.41, 5.74) is 3.99. The highest BCUT2D eigenvalue weighted by molar-refractivity contribution is 6.30. The molecule has 110 valence electrons. The fraction of sp³-hybridized carbons (Fsp3) is 0.278. The van der Waals surface area contributed by atoms with E-state index in [2.05, 4.69) is 0 Å². The Hall–Kier alpha value is -1.80. The second kappa shape index (κ2) is 6.31. The Bertz CT molecular complexity index is 677. The molecule has 2 aromatic rings. The second-order valence-corrected chi connectivity index (χ2v) is 5.77. The third kappa shape index (κ3) is 3.64. The molecule has 0 bridgehead atoms. The standard InChI is InChI=1S/C18H19ClO2/c1-11-8-13(3)17(9-12(11)2)18(20)14(4)21-16-7-5-6-15(19)10-16/h5-10,14H,1-4H3. The monoisotopic (exact) mass is 302 g/mol. The van der Waals surface area contributed by atoms with Gasteiger partial charge in [0, 0.05) is 10.6 Å². The van der Waals surface area contributed by atoms with Crippen LogP contribution in [0.5, 0.6) is 5.75 Å². The molecule has 0 N–H and O–H groups in total. The first-order valence-corrected chi connectivity index (χ1v) is 7.30. The Morgan fingerprint density at radius 2 is 1.71 bits per heavy atom. The Morgan fingerprint density at radius 3 is 2.38 bits per heavy atom. The van der Waals surface area contributed by atoms with E-state index in [4.69, 9.17) is 16.3 Å². The lowest BCUT2D eigenvalue weighted by Crippen LogP contribution is -2.24. The van der Waals surface area contributed by atoms with Gasteiger partial charge in [0.15, 0.2) is 6.10 Å². The molecule has 3 heteroatoms. The van der Waals surface area contributed by atoms with Crippen LogP contribution in [0.2, 0.25) is 5.02 Å². The zero-order valence-corrected chi connectivity index (χ0v) is 13.5. The van der Waals surface area contributed by atoms with Crippen LogP contribution < -0.4 is 4.74 Å². The summed E-state index contributed by atoms with van der Waals surface area (Å²) in [5, 5.41) is 0.592. The Labute approximate surface area is 130 Å². The van der Waals surface area contributed by atoms with E-state index < -0.39 is 6.10 Å². The van der Waals surface area contributed by atoms with Gasteiger partial charge >= 0.3 is 0 Å². The molecular formula is C18H19ClO2. The van der Waals surface area contributed by atoms with Crippen LogP contribution in [0.4, 0.5) is 0 Å². The van der Waals surface area contributed by atoms with Gasteiger partial charge in [-0.05, 0) is 68.7 Å². The average Bonchev–Trinajstić information content (AvgIpc) is 2.42. The van der Waals surface area contributed by atoms with E-state index in [9.17, 15) is 4.79 Å². The Balaban J connectivity index is 2.22. The summed E-state index contributed by atoms with van der Waals surface area (Å²) in [7, 11) is 0. The molecule has 0 saturated carbocycles. The highest BCUT2D eigenvalue weighted by atomic mass is 35.5. The Kier molecular flexibility index (Phi) is 4.69. The number of ketones is 1. The van der Waals surface area contributed by atoms with Gasteiger partial charge in [-0.15, -0.1) is 0 Å². The number of hydrogen-bond acceptors (Lipinski definition) is 2. The van der Waals surface area contributed by atoms with E-state index in [0.29, 0.717) is 16.3 Å². The molecule has 1 unspecified atom stereocenters. The normalized spacial score (nSPS) is 12.0. The fourth-order valence-electron chi connectivity index (χ4n) is 2.24. The number of Topliss-reactive ketones (excluding diaryl/α,β-unsaturated/α-hetero) is 1. The molecule has 0 saturated heterocycles. The van der Waals surface area contributed by atoms with Crippen molar-refractivity contribution in [3.05, 3.63) is 63.7 Å². The smallest absolute Gasteiger partial charge is 0.203 e. The largest absolute Gasteiger partial charge is 0.483 e. The van der Waals surface area contributed by atoms with Crippen LogP contribution in [0, 0.1) is 20.8 Å². The van der Waals surface area contributed by atoms with Gasteiger partial charge in [0.2, 0.25) is 5.78 Å². The van der Waals surface area contributed by atoms with Gasteiger partial charge < -0.3 is 4.74 Å². The predicted molar refractivity (Wildman–Crippen MR) is 86.5 cm³/mol. The van der Waals surface area contributed by atoms with Gasteiger partial charge in [-0.2, -0.15) is 0 Å². The number of halogens is 1. The van der Waals surface area contributed by atoms with Crippen molar-refractivity contribution < 1.29 is 9.53 Å². The van der Waals surface area contributed by atoms with Crippen molar-refractivity contribution in [1.29, 1.82) is 0 Å². The van der Waals surface area contributed by atoms with E-state index in [1.807, 2.05) is 32.9 Å². The molecule has 0 spiro atoms. The minimum absolute atomic E-state index is 0.0180. The highest BCUT2D eigenvalue weighted by Crippen LogP contribution is 2.21. The van der Waals surface area contributed by atoms with Crippen molar-refractivity contribution in [3.8, 4) is 5.75 Å². The van der Waals surface area contributed by atoms with Crippen LogP contribution in [0.1, 0.15) is 34.0 Å². The van der Waals surface area contributed by atoms with Gasteiger partial charge in [0.1, 0.15) is 5.75 Å². The quantitative estimate of drug-likeness (QED) is 0.750. The van der Waals surface area contributed by atoms with Crippen molar-refractivity contribution >= 4 is 17.4 Å². The summed E-state index contributed by atoms with van der Waals surface area (Å²) < 4.78 is 5.70. The summed E-state index contributed by atoms with van der Waals surface area (Å²) >= 11 is 5.92. The summed E-state index contributed by atoms with van der Waals surface area (Å²) in [6.07, 6.45) is -0.552. The van der Waals surface area contributed by atoms with Gasteiger partial charge in [0.05, 0.1) is 0 Å². The van der Waals surface area contributed by atoms with E-state index in [-0.39, 0.29) is 5.78 Å². The third-order valence-corrected chi connectivity index (χ3v) is 3.82. The van der Waals surface area contributed by atoms with Crippen molar-refractivity contribution in [2.75, 3.05) is 0 Å². The second-order valence-electron chi connectivity index (χ2n) is 5.33. The minimum atomic E-state index is -0.552. The van der Waals surface area contributed by atoms with Crippen LogP contribution in [-0.2, 0) is 0 Å². The molecule has 21 heavy (non-hydrogen) atoms. The van der Waals surface area contributed by atoms with Crippen molar-refractivity contribution in [2.45, 2.75) is 33.8 Å². The van der Waals surface area contributed by atoms with Gasteiger partial charge in [-0.3, -0.25) is 4.79 Å². The molecule has 1 atom stereocenters. The highest BCUT2D eigenvalue weighted by Gasteiger charge is 2.19. The van der Waals surface area contributed by atoms with Gasteiger partial charge in [0.25, 0.3) is 0 Å². The number of hydrogen-bond donors (Lipinski definition) is 0. The maximum Gasteiger partial charge on any atom is 0.203 e. The molecule has 0 aliphatic carbocycles. The topological polar surface area (TPSA) is 26.3 Å². The SMILES string of the molecule is Cc1cc(C)c(C(=O)C(C)Oc2cccc(Cl)c2)cc1C. The van der Waals surface area contributed by atoms with E-state index in [1.54, 1.807) is 31.2 Å². The van der Waals surface area contributed by atoms with Gasteiger partial charge in [-0.25, -0.2) is 0 Å². The minimum Gasteiger partial charge on any atom is -0.483 e. The summed E-state index contributed by atoms with van der Waals surface area (Å²) in [6.45, 7) is 7.76. The molecular weight excluding hydrogens is 284 g/mol. The first-order valence-electron chi connectivity index (χ1n) is 6.93. The molecule has 2 aromatic carbocycles. The number of benzene rings is 2. The molecule has 2 rings (SSSR count). The zero-order chi connectivity index (χ0) is 15.6. The van der Waals surface area contributed by atoms with Crippen LogP contribution in [-0.4, -0.2) is 11.9 Å². The molecule has 0 heterocycles. The van der Waals surface area contributed by atoms with Crippen molar-refractivity contribution in [2.24, 2.45) is 0 Å². The van der Waals surface area contributed by atoms with Gasteiger partial charge in [-0.1, -0.05) is 23.7 Å². The summed E-state index contributed by atoms with van der Waals surface area (Å²) in [5.74, 6) is 0.584. The predicted octanol–water partition coefficient (Wildman–Crippen LogP) is 4.92. The van der Waals surface area contributed by atoms with Crippen molar-refractivity contribution in [3.63, 3.8) is 0 Å². The molecule has 0 radical (unpaired) electrons. The average molecular weight is 303 g/mol.